The van der Waals surface area contributed by atoms with Crippen LogP contribution < -0.4 is 5.32 Å². The molecule has 2 aromatic rings. The number of likely N-dealkylation sites (N-methyl/N-ethyl adjacent to an activating group) is 1. The summed E-state index contributed by atoms with van der Waals surface area (Å²) >= 11 is 6.07. The van der Waals surface area contributed by atoms with Gasteiger partial charge in [0.25, 0.3) is 0 Å². The molecule has 3 nitrogen and oxygen atoms in total. The number of halogens is 2. The first-order valence-corrected chi connectivity index (χ1v) is 7.06. The van der Waals surface area contributed by atoms with Crippen molar-refractivity contribution in [2.75, 3.05) is 7.05 Å². The maximum Gasteiger partial charge on any atom is 0.124 e. The average molecular weight is 296 g/mol. The Morgan fingerprint density at radius 3 is 2.80 bits per heavy atom. The molecule has 0 radical (unpaired) electrons. The molecule has 1 aromatic heterocycles. The Morgan fingerprint density at radius 2 is 2.20 bits per heavy atom. The summed E-state index contributed by atoms with van der Waals surface area (Å²) in [7, 11) is 3.88. The maximum atomic E-state index is 13.0. The zero-order chi connectivity index (χ0) is 14.5. The molecule has 0 saturated heterocycles. The second kappa shape index (κ2) is 6.86. The molecule has 1 aromatic carbocycles. The summed E-state index contributed by atoms with van der Waals surface area (Å²) in [5.74, 6) is -0.297. The molecule has 0 spiro atoms. The number of benzene rings is 1. The fourth-order valence-corrected chi connectivity index (χ4v) is 2.51. The summed E-state index contributed by atoms with van der Waals surface area (Å²) in [5.41, 5.74) is 2.17. The van der Waals surface area contributed by atoms with Crippen molar-refractivity contribution in [3.05, 3.63) is 52.6 Å². The first kappa shape index (κ1) is 15.0. The number of hydrogen-bond acceptors (Lipinski definition) is 2. The van der Waals surface area contributed by atoms with Gasteiger partial charge in [0.15, 0.2) is 0 Å². The second-order valence-electron chi connectivity index (χ2n) is 4.91. The van der Waals surface area contributed by atoms with E-state index in [4.69, 9.17) is 11.6 Å². The molecule has 0 fully saturated rings. The Balaban J connectivity index is 1.97. The van der Waals surface area contributed by atoms with Crippen LogP contribution in [0, 0.1) is 5.82 Å². The Kier molecular flexibility index (Phi) is 5.15. The number of aryl methyl sites for hydroxylation is 2. The van der Waals surface area contributed by atoms with Crippen LogP contribution >= 0.6 is 11.6 Å². The van der Waals surface area contributed by atoms with Crippen LogP contribution in [0.4, 0.5) is 4.39 Å². The molecule has 0 amide bonds. The molecule has 0 saturated carbocycles. The molecule has 20 heavy (non-hydrogen) atoms. The molecule has 5 heteroatoms. The first-order valence-electron chi connectivity index (χ1n) is 6.68. The molecule has 1 atom stereocenters. The van der Waals surface area contributed by atoms with Gasteiger partial charge in [0.05, 0.1) is 0 Å². The normalized spacial score (nSPS) is 12.6. The minimum atomic E-state index is -0.297. The third-order valence-electron chi connectivity index (χ3n) is 3.56. The average Bonchev–Trinajstić information content (AvgIpc) is 2.82. The van der Waals surface area contributed by atoms with E-state index in [0.29, 0.717) is 11.1 Å². The number of rotatable bonds is 6. The molecule has 2 rings (SSSR count). The molecule has 0 aliphatic carbocycles. The molecular weight excluding hydrogens is 277 g/mol. The smallest absolute Gasteiger partial charge is 0.124 e. The van der Waals surface area contributed by atoms with Crippen molar-refractivity contribution in [2.45, 2.75) is 25.3 Å². The molecule has 0 bridgehead atoms. The lowest BCUT2D eigenvalue weighted by Crippen LogP contribution is -2.28. The van der Waals surface area contributed by atoms with Gasteiger partial charge >= 0.3 is 0 Å². The highest BCUT2D eigenvalue weighted by molar-refractivity contribution is 6.31. The van der Waals surface area contributed by atoms with E-state index < -0.39 is 0 Å². The van der Waals surface area contributed by atoms with Crippen LogP contribution in [0.25, 0.3) is 0 Å². The highest BCUT2D eigenvalue weighted by Gasteiger charge is 2.11. The summed E-state index contributed by atoms with van der Waals surface area (Å²) in [6.45, 7) is 0. The van der Waals surface area contributed by atoms with Crippen molar-refractivity contribution in [2.24, 2.45) is 7.05 Å². The molecule has 1 N–H and O–H groups in total. The van der Waals surface area contributed by atoms with Crippen molar-refractivity contribution in [1.29, 1.82) is 0 Å². The fourth-order valence-electron chi connectivity index (χ4n) is 2.27. The lowest BCUT2D eigenvalue weighted by molar-refractivity contribution is 0.509. The summed E-state index contributed by atoms with van der Waals surface area (Å²) in [6, 6.07) is 6.90. The van der Waals surface area contributed by atoms with Crippen LogP contribution in [0.15, 0.2) is 30.5 Å². The standard InChI is InChI=1S/C15H19ClFN3/c1-18-13(5-6-14-7-8-19-20(14)2)9-11-3-4-12(17)10-15(11)16/h3-4,7-8,10,13,18H,5-6,9H2,1-2H3. The van der Waals surface area contributed by atoms with E-state index in [1.165, 1.54) is 17.8 Å². The number of nitrogens with one attached hydrogen (secondary N) is 1. The minimum Gasteiger partial charge on any atom is -0.317 e. The number of aromatic nitrogens is 2. The first-order chi connectivity index (χ1) is 9.60. The van der Waals surface area contributed by atoms with Crippen LogP contribution in [0.2, 0.25) is 5.02 Å². The van der Waals surface area contributed by atoms with E-state index in [9.17, 15) is 4.39 Å². The van der Waals surface area contributed by atoms with E-state index in [-0.39, 0.29) is 5.82 Å². The largest absolute Gasteiger partial charge is 0.317 e. The van der Waals surface area contributed by atoms with Gasteiger partial charge in [-0.1, -0.05) is 17.7 Å². The topological polar surface area (TPSA) is 29.9 Å². The van der Waals surface area contributed by atoms with Gasteiger partial charge in [-0.25, -0.2) is 4.39 Å². The quantitative estimate of drug-likeness (QED) is 0.888. The molecular formula is C15H19ClFN3. The van der Waals surface area contributed by atoms with Crippen LogP contribution in [0.3, 0.4) is 0 Å². The zero-order valence-corrected chi connectivity index (χ0v) is 12.5. The second-order valence-corrected chi connectivity index (χ2v) is 5.32. The van der Waals surface area contributed by atoms with Gasteiger partial charge in [-0.05, 0) is 50.1 Å². The highest BCUT2D eigenvalue weighted by atomic mass is 35.5. The van der Waals surface area contributed by atoms with Crippen molar-refractivity contribution >= 4 is 11.6 Å². The molecule has 0 aliphatic heterocycles. The summed E-state index contributed by atoms with van der Waals surface area (Å²) in [4.78, 5) is 0. The third-order valence-corrected chi connectivity index (χ3v) is 3.91. The van der Waals surface area contributed by atoms with E-state index >= 15 is 0 Å². The van der Waals surface area contributed by atoms with Gasteiger partial charge in [-0.3, -0.25) is 4.68 Å². The van der Waals surface area contributed by atoms with Crippen molar-refractivity contribution in [3.8, 4) is 0 Å². The molecule has 1 heterocycles. The minimum absolute atomic E-state index is 0.297. The van der Waals surface area contributed by atoms with Gasteiger partial charge in [0.2, 0.25) is 0 Å². The van der Waals surface area contributed by atoms with Crippen LogP contribution in [0.1, 0.15) is 17.7 Å². The van der Waals surface area contributed by atoms with E-state index in [1.54, 1.807) is 12.3 Å². The summed E-state index contributed by atoms with van der Waals surface area (Å²) < 4.78 is 14.9. The van der Waals surface area contributed by atoms with Crippen molar-refractivity contribution in [1.82, 2.24) is 15.1 Å². The number of hydrogen-bond donors (Lipinski definition) is 1. The van der Waals surface area contributed by atoms with E-state index in [0.717, 1.165) is 24.8 Å². The Morgan fingerprint density at radius 1 is 1.40 bits per heavy atom. The lowest BCUT2D eigenvalue weighted by Gasteiger charge is -2.17. The highest BCUT2D eigenvalue weighted by Crippen LogP contribution is 2.20. The van der Waals surface area contributed by atoms with E-state index in [2.05, 4.69) is 10.4 Å². The van der Waals surface area contributed by atoms with Gasteiger partial charge in [-0.15, -0.1) is 0 Å². The van der Waals surface area contributed by atoms with Gasteiger partial charge in [-0.2, -0.15) is 5.10 Å². The van der Waals surface area contributed by atoms with Crippen LogP contribution in [-0.2, 0) is 19.9 Å². The predicted molar refractivity (Wildman–Crippen MR) is 79.5 cm³/mol. The van der Waals surface area contributed by atoms with Gasteiger partial charge in [0, 0.05) is 30.0 Å². The lowest BCUT2D eigenvalue weighted by atomic mass is 10.0. The summed E-state index contributed by atoms with van der Waals surface area (Å²) in [5, 5.41) is 7.95. The SMILES string of the molecule is CNC(CCc1ccnn1C)Cc1ccc(F)cc1Cl. The van der Waals surface area contributed by atoms with Gasteiger partial charge < -0.3 is 5.32 Å². The summed E-state index contributed by atoms with van der Waals surface area (Å²) in [6.07, 6.45) is 4.51. The Labute approximate surface area is 123 Å². The van der Waals surface area contributed by atoms with Crippen molar-refractivity contribution < 1.29 is 4.39 Å². The zero-order valence-electron chi connectivity index (χ0n) is 11.7. The molecule has 108 valence electrons. The Bertz CT molecular complexity index is 568. The third kappa shape index (κ3) is 3.81. The van der Waals surface area contributed by atoms with E-state index in [1.807, 2.05) is 24.8 Å². The van der Waals surface area contributed by atoms with Crippen molar-refractivity contribution in [3.63, 3.8) is 0 Å². The molecule has 0 aliphatic rings. The van der Waals surface area contributed by atoms with Crippen LogP contribution in [0.5, 0.6) is 0 Å². The monoisotopic (exact) mass is 295 g/mol. The fraction of sp³-hybridized carbons (Fsp3) is 0.400. The predicted octanol–water partition coefficient (Wildman–Crippen LogP) is 2.98. The number of nitrogens with zero attached hydrogens (tertiary/aromatic N) is 2. The Hall–Kier alpha value is -1.39. The maximum absolute atomic E-state index is 13.0. The molecule has 1 unspecified atom stereocenters. The van der Waals surface area contributed by atoms with Crippen LogP contribution in [-0.4, -0.2) is 22.9 Å². The van der Waals surface area contributed by atoms with Gasteiger partial charge in [0.1, 0.15) is 5.82 Å².